The maximum atomic E-state index is 14.3. The largest absolute Gasteiger partial charge is 0.403 e. The number of rotatable bonds is 3. The normalized spacial score (nSPS) is 16.0. The fraction of sp³-hybridized carbons (Fsp3) is 0.143. The molecule has 0 aliphatic carbocycles. The monoisotopic (exact) mass is 437 g/mol. The first-order valence-electron chi connectivity index (χ1n) is 9.80. The van der Waals surface area contributed by atoms with Gasteiger partial charge in [-0.25, -0.2) is 22.7 Å². The lowest BCUT2D eigenvalue weighted by Gasteiger charge is -2.32. The predicted octanol–water partition coefficient (Wildman–Crippen LogP) is 3.68. The summed E-state index contributed by atoms with van der Waals surface area (Å²) in [5, 5.41) is 12.4. The van der Waals surface area contributed by atoms with Crippen LogP contribution in [0, 0.1) is 17.5 Å². The Morgan fingerprint density at radius 3 is 2.66 bits per heavy atom. The molecule has 1 N–H and O–H groups in total. The number of halogens is 3. The van der Waals surface area contributed by atoms with Crippen LogP contribution in [0.5, 0.6) is 0 Å². The molecule has 5 heterocycles. The van der Waals surface area contributed by atoms with E-state index in [-0.39, 0.29) is 11.9 Å². The number of nitrogens with one attached hydrogen (secondary N) is 1. The number of hydrogen-bond acceptors (Lipinski definition) is 6. The molecule has 0 bridgehead atoms. The Balaban J connectivity index is 1.47. The van der Waals surface area contributed by atoms with Crippen LogP contribution in [0.3, 0.4) is 0 Å². The molecule has 0 amide bonds. The number of anilines is 1. The van der Waals surface area contributed by atoms with Gasteiger partial charge in [-0.15, -0.1) is 5.10 Å². The topological polar surface area (TPSA) is 88.1 Å². The third kappa shape index (κ3) is 2.77. The minimum absolute atomic E-state index is 0.0545. The van der Waals surface area contributed by atoms with Crippen LogP contribution in [0.4, 0.5) is 19.2 Å². The zero-order chi connectivity index (χ0) is 21.8. The van der Waals surface area contributed by atoms with E-state index in [0.29, 0.717) is 29.9 Å². The second-order valence-electron chi connectivity index (χ2n) is 7.35. The van der Waals surface area contributed by atoms with Gasteiger partial charge < -0.3 is 14.3 Å². The van der Waals surface area contributed by atoms with E-state index in [9.17, 15) is 13.2 Å². The van der Waals surface area contributed by atoms with E-state index >= 15 is 0 Å². The van der Waals surface area contributed by atoms with Gasteiger partial charge in [0.05, 0.1) is 17.7 Å². The summed E-state index contributed by atoms with van der Waals surface area (Å²) >= 11 is 0. The summed E-state index contributed by atoms with van der Waals surface area (Å²) in [6.45, 7) is 0.442. The average molecular weight is 437 g/mol. The minimum Gasteiger partial charge on any atom is -0.403 e. The van der Waals surface area contributed by atoms with Gasteiger partial charge in [0, 0.05) is 24.9 Å². The van der Waals surface area contributed by atoms with Crippen LogP contribution in [-0.4, -0.2) is 36.3 Å². The van der Waals surface area contributed by atoms with Gasteiger partial charge in [0.1, 0.15) is 34.6 Å². The van der Waals surface area contributed by atoms with Crippen LogP contribution in [-0.2, 0) is 6.42 Å². The Morgan fingerprint density at radius 1 is 1.03 bits per heavy atom. The van der Waals surface area contributed by atoms with Crippen molar-refractivity contribution in [1.82, 2.24) is 29.8 Å². The van der Waals surface area contributed by atoms with Crippen molar-refractivity contribution in [2.75, 3.05) is 11.4 Å². The molecule has 32 heavy (non-hydrogen) atoms. The summed E-state index contributed by atoms with van der Waals surface area (Å²) < 4.78 is 49.8. The third-order valence-electron chi connectivity index (χ3n) is 5.51. The highest BCUT2D eigenvalue weighted by Gasteiger charge is 2.36. The van der Waals surface area contributed by atoms with Crippen molar-refractivity contribution in [2.45, 2.75) is 12.5 Å². The Kier molecular flexibility index (Phi) is 4.03. The summed E-state index contributed by atoms with van der Waals surface area (Å²) in [5.41, 5.74) is 2.01. The molecule has 11 heteroatoms. The lowest BCUT2D eigenvalue weighted by molar-refractivity contribution is 0.496. The minimum atomic E-state index is -0.805. The van der Waals surface area contributed by atoms with Crippen LogP contribution in [0.25, 0.3) is 17.0 Å². The zero-order valence-corrected chi connectivity index (χ0v) is 16.3. The van der Waals surface area contributed by atoms with Crippen LogP contribution in [0.1, 0.15) is 23.1 Å². The molecule has 160 valence electrons. The Labute approximate surface area is 178 Å². The smallest absolute Gasteiger partial charge is 0.319 e. The van der Waals surface area contributed by atoms with Gasteiger partial charge in [-0.2, -0.15) is 5.10 Å². The molecule has 0 saturated carbocycles. The number of aromatic nitrogens is 6. The standard InChI is InChI=1S/C21H14F3N7O/c22-11-5-2-7-31-16(11)9-15(29-31)19-18-14(25-10-26-18)6-8-30(19)21-28-27-20(32-21)17-12(23)3-1-4-13(17)24/h1-5,7,9-10,19H,6,8H2,(H,25,26)/t19-/m0/s1. The maximum Gasteiger partial charge on any atom is 0.319 e. The van der Waals surface area contributed by atoms with Crippen molar-refractivity contribution in [2.24, 2.45) is 0 Å². The zero-order valence-electron chi connectivity index (χ0n) is 16.3. The molecule has 1 aliphatic heterocycles. The molecule has 5 aromatic rings. The first-order chi connectivity index (χ1) is 15.6. The highest BCUT2D eigenvalue weighted by molar-refractivity contribution is 5.57. The molecular weight excluding hydrogens is 423 g/mol. The fourth-order valence-corrected chi connectivity index (χ4v) is 4.05. The van der Waals surface area contributed by atoms with Gasteiger partial charge >= 0.3 is 6.01 Å². The Morgan fingerprint density at radius 2 is 1.84 bits per heavy atom. The van der Waals surface area contributed by atoms with Crippen LogP contribution in [0.2, 0.25) is 0 Å². The summed E-state index contributed by atoms with van der Waals surface area (Å²) in [6, 6.07) is 7.53. The first-order valence-corrected chi connectivity index (χ1v) is 9.80. The van der Waals surface area contributed by atoms with Gasteiger partial charge in [-0.1, -0.05) is 11.2 Å². The second kappa shape index (κ2) is 6.94. The van der Waals surface area contributed by atoms with E-state index in [2.05, 4.69) is 25.3 Å². The van der Waals surface area contributed by atoms with Gasteiger partial charge in [0.2, 0.25) is 0 Å². The van der Waals surface area contributed by atoms with Crippen molar-refractivity contribution in [3.8, 4) is 11.5 Å². The molecule has 0 fully saturated rings. The molecule has 0 radical (unpaired) electrons. The third-order valence-corrected chi connectivity index (χ3v) is 5.51. The predicted molar refractivity (Wildman–Crippen MR) is 106 cm³/mol. The van der Waals surface area contributed by atoms with Crippen molar-refractivity contribution >= 4 is 11.5 Å². The number of imidazole rings is 1. The van der Waals surface area contributed by atoms with Gasteiger partial charge in [-0.3, -0.25) is 0 Å². The van der Waals surface area contributed by atoms with E-state index in [1.165, 1.54) is 16.6 Å². The first kappa shape index (κ1) is 18.6. The fourth-order valence-electron chi connectivity index (χ4n) is 4.05. The van der Waals surface area contributed by atoms with E-state index in [4.69, 9.17) is 4.42 Å². The van der Waals surface area contributed by atoms with Gasteiger partial charge in [0.15, 0.2) is 0 Å². The summed E-state index contributed by atoms with van der Waals surface area (Å²) in [4.78, 5) is 9.28. The lowest BCUT2D eigenvalue weighted by atomic mass is 10.0. The lowest BCUT2D eigenvalue weighted by Crippen LogP contribution is -2.36. The molecule has 1 aliphatic rings. The molecule has 0 spiro atoms. The number of fused-ring (bicyclic) bond motifs is 2. The quantitative estimate of drug-likeness (QED) is 0.463. The molecule has 1 atom stereocenters. The summed E-state index contributed by atoms with van der Waals surface area (Å²) in [5.74, 6) is -2.30. The Bertz CT molecular complexity index is 1440. The molecule has 6 rings (SSSR count). The number of pyridine rings is 1. The molecule has 0 saturated heterocycles. The Hall–Kier alpha value is -4.15. The SMILES string of the molecule is Fc1cccc(F)c1-c1nnc(N2CCc3[nH]cnc3[C@@H]2c2cc3c(F)cccn3n2)o1. The number of nitrogens with zero attached hydrogens (tertiary/aromatic N) is 6. The molecular formula is C21H14F3N7O. The second-order valence-corrected chi connectivity index (χ2v) is 7.35. The number of hydrogen-bond donors (Lipinski definition) is 1. The van der Waals surface area contributed by atoms with E-state index in [0.717, 1.165) is 17.8 Å². The van der Waals surface area contributed by atoms with E-state index in [1.807, 2.05) is 0 Å². The molecule has 1 aromatic carbocycles. The van der Waals surface area contributed by atoms with Crippen LogP contribution < -0.4 is 4.90 Å². The van der Waals surface area contributed by atoms with Gasteiger partial charge in [0.25, 0.3) is 5.89 Å². The highest BCUT2D eigenvalue weighted by Crippen LogP contribution is 2.37. The van der Waals surface area contributed by atoms with E-state index in [1.54, 1.807) is 29.6 Å². The van der Waals surface area contributed by atoms with Gasteiger partial charge in [-0.05, 0) is 30.3 Å². The average Bonchev–Trinajstić information content (AvgIpc) is 3.52. The van der Waals surface area contributed by atoms with Crippen molar-refractivity contribution < 1.29 is 17.6 Å². The van der Waals surface area contributed by atoms with Crippen molar-refractivity contribution in [1.29, 1.82) is 0 Å². The number of aromatic amines is 1. The summed E-state index contributed by atoms with van der Waals surface area (Å²) in [7, 11) is 0. The van der Waals surface area contributed by atoms with Crippen molar-refractivity contribution in [3.05, 3.63) is 83.5 Å². The molecule has 4 aromatic heterocycles. The van der Waals surface area contributed by atoms with E-state index < -0.39 is 29.1 Å². The highest BCUT2D eigenvalue weighted by atomic mass is 19.1. The molecule has 0 unspecified atom stereocenters. The number of H-pyrrole nitrogens is 1. The van der Waals surface area contributed by atoms with Crippen LogP contribution in [0.15, 0.2) is 53.3 Å². The van der Waals surface area contributed by atoms with Crippen molar-refractivity contribution in [3.63, 3.8) is 0 Å². The molecule has 8 nitrogen and oxygen atoms in total. The number of benzene rings is 1. The van der Waals surface area contributed by atoms with Crippen LogP contribution >= 0.6 is 0 Å². The maximum absolute atomic E-state index is 14.3. The summed E-state index contributed by atoms with van der Waals surface area (Å²) in [6.07, 6.45) is 3.82.